The predicted octanol–water partition coefficient (Wildman–Crippen LogP) is -0.469. The normalized spacial score (nSPS) is 8.14. The molecule has 0 heterocycles. The highest BCUT2D eigenvalue weighted by molar-refractivity contribution is 3.84. The first kappa shape index (κ1) is 6.08. The van der Waals surface area contributed by atoms with E-state index in [2.05, 4.69) is 15.1 Å². The molecule has 0 saturated carbocycles. The molecule has 42 valence electrons. The average Bonchev–Trinajstić information content (AvgIpc) is 1.61. The van der Waals surface area contributed by atoms with Gasteiger partial charge in [-0.1, -0.05) is 0 Å². The second kappa shape index (κ2) is 3.28. The summed E-state index contributed by atoms with van der Waals surface area (Å²) in [7, 11) is 0. The first-order valence-corrected chi connectivity index (χ1v) is 1.06. The Kier molecular flexibility index (Phi) is 2.85. The van der Waals surface area contributed by atoms with E-state index < -0.39 is 5.09 Å². The molecule has 0 unspecified atom stereocenters. The molecule has 7 nitrogen and oxygen atoms in total. The van der Waals surface area contributed by atoms with Crippen LogP contribution < -0.4 is 0 Å². The van der Waals surface area contributed by atoms with Gasteiger partial charge in [-0.3, -0.25) is 0 Å². The standard InChI is InChI=1S/HNO6/c2-1(3)5-7-6-4/h4H. The van der Waals surface area contributed by atoms with Crippen LogP contribution in [0.25, 0.3) is 0 Å². The van der Waals surface area contributed by atoms with Crippen LogP contribution >= 0.6 is 0 Å². The molecule has 7 heteroatoms. The summed E-state index contributed by atoms with van der Waals surface area (Å²) in [5.74, 6) is 0. The molecule has 1 N–H and O–H groups in total. The molecular formula is HNO6. The zero-order chi connectivity index (χ0) is 5.70. The third-order valence-electron chi connectivity index (χ3n) is 0.122. The van der Waals surface area contributed by atoms with Gasteiger partial charge in [-0.15, -0.1) is 15.1 Å². The Morgan fingerprint density at radius 3 is 2.43 bits per heavy atom. The molecule has 0 radical (unpaired) electrons. The van der Waals surface area contributed by atoms with Crippen LogP contribution in [-0.2, 0) is 15.1 Å². The summed E-state index contributed by atoms with van der Waals surface area (Å²) in [5, 5.41) is 20.5. The number of hydrogen-bond acceptors (Lipinski definition) is 6. The van der Waals surface area contributed by atoms with Crippen LogP contribution in [0.2, 0.25) is 0 Å². The van der Waals surface area contributed by atoms with E-state index >= 15 is 0 Å². The Morgan fingerprint density at radius 2 is 2.29 bits per heavy atom. The van der Waals surface area contributed by atoms with Crippen LogP contribution in [0.4, 0.5) is 0 Å². The van der Waals surface area contributed by atoms with Gasteiger partial charge in [0.25, 0.3) is 0 Å². The molecule has 0 bridgehead atoms. The maximum Gasteiger partial charge on any atom is 0.324 e. The fourth-order valence-corrected chi connectivity index (χ4v) is 0.0385. The molecule has 0 aliphatic carbocycles. The van der Waals surface area contributed by atoms with Gasteiger partial charge in [0.1, 0.15) is 0 Å². The van der Waals surface area contributed by atoms with E-state index in [0.717, 1.165) is 0 Å². The highest BCUT2D eigenvalue weighted by Gasteiger charge is 1.91. The van der Waals surface area contributed by atoms with E-state index in [-0.39, 0.29) is 0 Å². The fraction of sp³-hybridized carbons (Fsp3) is 0. The van der Waals surface area contributed by atoms with Crippen molar-refractivity contribution in [2.75, 3.05) is 0 Å². The van der Waals surface area contributed by atoms with Crippen LogP contribution in [-0.4, -0.2) is 10.3 Å². The number of hydrogen-bond donors (Lipinski definition) is 1. The Hall–Kier alpha value is -0.920. The van der Waals surface area contributed by atoms with Gasteiger partial charge in [-0.05, 0) is 5.04 Å². The number of nitrogens with zero attached hydrogens (tertiary/aromatic N) is 1. The van der Waals surface area contributed by atoms with Gasteiger partial charge in [0, 0.05) is 5.04 Å². The van der Waals surface area contributed by atoms with Crippen molar-refractivity contribution in [3.63, 3.8) is 0 Å². The minimum absolute atomic E-state index is 1.30. The number of rotatable bonds is 3. The minimum atomic E-state index is -1.30. The molecule has 0 amide bonds. The minimum Gasteiger partial charge on any atom is -0.219 e. The molecule has 0 aromatic carbocycles. The zero-order valence-electron chi connectivity index (χ0n) is 2.94. The van der Waals surface area contributed by atoms with E-state index in [1.807, 2.05) is 0 Å². The van der Waals surface area contributed by atoms with Crippen molar-refractivity contribution >= 4 is 0 Å². The smallest absolute Gasteiger partial charge is 0.219 e. The summed E-state index contributed by atoms with van der Waals surface area (Å²) in [6.07, 6.45) is 0. The summed E-state index contributed by atoms with van der Waals surface area (Å²) >= 11 is 0. The summed E-state index contributed by atoms with van der Waals surface area (Å²) in [4.78, 5) is 12.0. The molecule has 0 rings (SSSR count). The monoisotopic (exact) mass is 111 g/mol. The lowest BCUT2D eigenvalue weighted by atomic mass is 13.1. The van der Waals surface area contributed by atoms with Crippen molar-refractivity contribution in [2.24, 2.45) is 0 Å². The third-order valence-corrected chi connectivity index (χ3v) is 0.122. The molecule has 0 fully saturated rings. The van der Waals surface area contributed by atoms with Gasteiger partial charge in [0.15, 0.2) is 0 Å². The van der Waals surface area contributed by atoms with Crippen molar-refractivity contribution in [3.8, 4) is 0 Å². The SMILES string of the molecule is O=[N+]([O-])OOOO. The quantitative estimate of drug-likeness (QED) is 0.300. The Labute approximate surface area is 36.9 Å². The van der Waals surface area contributed by atoms with Gasteiger partial charge in [0.05, 0.1) is 0 Å². The van der Waals surface area contributed by atoms with Crippen LogP contribution in [0.15, 0.2) is 0 Å². The highest BCUT2D eigenvalue weighted by atomic mass is 17.7. The fourth-order valence-electron chi connectivity index (χ4n) is 0.0385. The van der Waals surface area contributed by atoms with E-state index in [1.165, 1.54) is 0 Å². The third kappa shape index (κ3) is 5.08. The Balaban J connectivity index is 2.82. The maximum absolute atomic E-state index is 9.03. The predicted molar refractivity (Wildman–Crippen MR) is 12.9 cm³/mol. The summed E-state index contributed by atoms with van der Waals surface area (Å²) < 4.78 is 0. The Morgan fingerprint density at radius 1 is 1.71 bits per heavy atom. The molecule has 7 heavy (non-hydrogen) atoms. The van der Waals surface area contributed by atoms with E-state index in [9.17, 15) is 0 Å². The summed E-state index contributed by atoms with van der Waals surface area (Å²) in [6, 6.07) is 0. The lowest BCUT2D eigenvalue weighted by Crippen LogP contribution is -2.00. The van der Waals surface area contributed by atoms with Crippen molar-refractivity contribution in [2.45, 2.75) is 0 Å². The topological polar surface area (TPSA) is 91.1 Å². The van der Waals surface area contributed by atoms with Gasteiger partial charge in [0.2, 0.25) is 0 Å². The van der Waals surface area contributed by atoms with Crippen molar-refractivity contribution < 1.29 is 25.4 Å². The first-order chi connectivity index (χ1) is 3.27. The molecule has 0 atom stereocenters. The highest BCUT2D eigenvalue weighted by Crippen LogP contribution is 1.74. The molecule has 0 saturated heterocycles. The second-order valence-corrected chi connectivity index (χ2v) is 0.441. The van der Waals surface area contributed by atoms with Crippen LogP contribution in [0.1, 0.15) is 0 Å². The molecule has 0 aromatic rings. The molecule has 0 aliphatic heterocycles. The Bertz CT molecular complexity index is 57.2. The van der Waals surface area contributed by atoms with E-state index in [1.54, 1.807) is 0 Å². The summed E-state index contributed by atoms with van der Waals surface area (Å²) in [6.45, 7) is 0. The lowest BCUT2D eigenvalue weighted by Gasteiger charge is -1.85. The van der Waals surface area contributed by atoms with Crippen molar-refractivity contribution in [3.05, 3.63) is 10.1 Å². The van der Waals surface area contributed by atoms with E-state index in [4.69, 9.17) is 15.4 Å². The second-order valence-electron chi connectivity index (χ2n) is 0.441. The molecule has 0 aliphatic rings. The largest absolute Gasteiger partial charge is 0.324 e. The summed E-state index contributed by atoms with van der Waals surface area (Å²) in [5.41, 5.74) is 0. The van der Waals surface area contributed by atoms with Gasteiger partial charge < -0.3 is 0 Å². The van der Waals surface area contributed by atoms with Crippen LogP contribution in [0.5, 0.6) is 0 Å². The van der Waals surface area contributed by atoms with Crippen molar-refractivity contribution in [1.29, 1.82) is 0 Å². The molecule has 0 aromatic heterocycles. The van der Waals surface area contributed by atoms with Gasteiger partial charge in [-0.25, -0.2) is 5.26 Å². The molecule has 0 spiro atoms. The van der Waals surface area contributed by atoms with Crippen LogP contribution in [0.3, 0.4) is 0 Å². The first-order valence-electron chi connectivity index (χ1n) is 1.06. The zero-order valence-corrected chi connectivity index (χ0v) is 2.94. The van der Waals surface area contributed by atoms with Gasteiger partial charge in [-0.2, -0.15) is 0 Å². The lowest BCUT2D eigenvalue weighted by molar-refractivity contribution is -0.909. The van der Waals surface area contributed by atoms with Gasteiger partial charge >= 0.3 is 5.09 Å². The molecular weight excluding hydrogens is 110 g/mol. The van der Waals surface area contributed by atoms with E-state index in [0.29, 0.717) is 0 Å². The maximum atomic E-state index is 9.03. The van der Waals surface area contributed by atoms with Crippen molar-refractivity contribution in [1.82, 2.24) is 0 Å². The average molecular weight is 111 g/mol. The van der Waals surface area contributed by atoms with Crippen LogP contribution in [0, 0.1) is 10.1 Å².